The highest BCUT2D eigenvalue weighted by Crippen LogP contribution is 2.28. The van der Waals surface area contributed by atoms with Crippen LogP contribution in [-0.2, 0) is 10.0 Å². The Balaban J connectivity index is 2.74. The van der Waals surface area contributed by atoms with Crippen LogP contribution in [0.5, 0.6) is 0 Å². The quantitative estimate of drug-likeness (QED) is 0.888. The molecule has 0 saturated heterocycles. The van der Waals surface area contributed by atoms with Gasteiger partial charge in [0.25, 0.3) is 0 Å². The normalized spacial score (nSPS) is 11.4. The molecule has 2 N–H and O–H groups in total. The lowest BCUT2D eigenvalue weighted by molar-refractivity contribution is 0.598. The van der Waals surface area contributed by atoms with Crippen LogP contribution in [0.3, 0.4) is 0 Å². The molecule has 0 fully saturated rings. The fraction of sp³-hybridized carbons (Fsp3) is 0. The highest BCUT2D eigenvalue weighted by Gasteiger charge is 2.16. The maximum Gasteiger partial charge on any atom is 0.238 e. The third kappa shape index (κ3) is 2.35. The Labute approximate surface area is 98.8 Å². The standard InChI is InChI=1S/C12H10FNO2S/c13-11-7-3-1-5-9(11)10-6-2-4-8-12(10)17(14,15)16/h1-8H,(H2,14,15,16). The second-order valence-electron chi connectivity index (χ2n) is 3.52. The van der Waals surface area contributed by atoms with Crippen molar-refractivity contribution in [3.8, 4) is 11.1 Å². The lowest BCUT2D eigenvalue weighted by Crippen LogP contribution is -2.13. The maximum atomic E-state index is 13.6. The molecule has 0 aliphatic carbocycles. The molecule has 0 aliphatic rings. The number of hydrogen-bond acceptors (Lipinski definition) is 2. The van der Waals surface area contributed by atoms with Crippen molar-refractivity contribution in [2.75, 3.05) is 0 Å². The van der Waals surface area contributed by atoms with E-state index < -0.39 is 15.8 Å². The Kier molecular flexibility index (Phi) is 2.95. The summed E-state index contributed by atoms with van der Waals surface area (Å²) in [6.07, 6.45) is 0. The molecule has 0 atom stereocenters. The molecule has 2 aromatic rings. The van der Waals surface area contributed by atoms with Crippen LogP contribution in [0.4, 0.5) is 4.39 Å². The van der Waals surface area contributed by atoms with E-state index in [1.807, 2.05) is 0 Å². The van der Waals surface area contributed by atoms with E-state index in [0.717, 1.165) is 0 Å². The summed E-state index contributed by atoms with van der Waals surface area (Å²) in [4.78, 5) is -0.0786. The van der Waals surface area contributed by atoms with Gasteiger partial charge in [0.2, 0.25) is 10.0 Å². The molecule has 0 amide bonds. The topological polar surface area (TPSA) is 60.2 Å². The lowest BCUT2D eigenvalue weighted by atomic mass is 10.1. The number of hydrogen-bond donors (Lipinski definition) is 1. The van der Waals surface area contributed by atoms with Crippen molar-refractivity contribution in [3.05, 3.63) is 54.3 Å². The van der Waals surface area contributed by atoms with Crippen molar-refractivity contribution < 1.29 is 12.8 Å². The van der Waals surface area contributed by atoms with E-state index in [1.54, 1.807) is 24.3 Å². The molecule has 0 unspecified atom stereocenters. The van der Waals surface area contributed by atoms with Crippen molar-refractivity contribution in [3.63, 3.8) is 0 Å². The van der Waals surface area contributed by atoms with Crippen molar-refractivity contribution in [2.45, 2.75) is 4.90 Å². The molecule has 0 saturated carbocycles. The highest BCUT2D eigenvalue weighted by atomic mass is 32.2. The van der Waals surface area contributed by atoms with Crippen molar-refractivity contribution >= 4 is 10.0 Å². The summed E-state index contributed by atoms with van der Waals surface area (Å²) in [6, 6.07) is 12.0. The summed E-state index contributed by atoms with van der Waals surface area (Å²) in [5.41, 5.74) is 0.491. The van der Waals surface area contributed by atoms with E-state index >= 15 is 0 Å². The molecule has 3 nitrogen and oxygen atoms in total. The molecule has 0 bridgehead atoms. The predicted molar refractivity (Wildman–Crippen MR) is 63.2 cm³/mol. The van der Waals surface area contributed by atoms with Gasteiger partial charge in [-0.3, -0.25) is 0 Å². The van der Waals surface area contributed by atoms with Gasteiger partial charge in [-0.2, -0.15) is 0 Å². The van der Waals surface area contributed by atoms with Gasteiger partial charge >= 0.3 is 0 Å². The van der Waals surface area contributed by atoms with Gasteiger partial charge in [0, 0.05) is 11.1 Å². The molecule has 0 aromatic heterocycles. The Morgan fingerprint density at radius 1 is 0.882 bits per heavy atom. The number of nitrogens with two attached hydrogens (primary N) is 1. The minimum atomic E-state index is -3.87. The zero-order valence-corrected chi connectivity index (χ0v) is 9.62. The monoisotopic (exact) mass is 251 g/mol. The van der Waals surface area contributed by atoms with Crippen LogP contribution in [-0.4, -0.2) is 8.42 Å². The van der Waals surface area contributed by atoms with Gasteiger partial charge in [-0.05, 0) is 12.1 Å². The van der Waals surface area contributed by atoms with E-state index in [-0.39, 0.29) is 16.0 Å². The van der Waals surface area contributed by atoms with Crippen LogP contribution >= 0.6 is 0 Å². The summed E-state index contributed by atoms with van der Waals surface area (Å²) in [5.74, 6) is -0.483. The Bertz CT molecular complexity index is 653. The number of primary sulfonamides is 1. The highest BCUT2D eigenvalue weighted by molar-refractivity contribution is 7.89. The molecular formula is C12H10FNO2S. The van der Waals surface area contributed by atoms with Crippen molar-refractivity contribution in [1.82, 2.24) is 0 Å². The van der Waals surface area contributed by atoms with E-state index in [4.69, 9.17) is 5.14 Å². The van der Waals surface area contributed by atoms with Gasteiger partial charge in [-0.15, -0.1) is 0 Å². The summed E-state index contributed by atoms with van der Waals surface area (Å²) in [5, 5.41) is 5.09. The molecule has 0 heterocycles. The van der Waals surface area contributed by atoms with Gasteiger partial charge < -0.3 is 0 Å². The second-order valence-corrected chi connectivity index (χ2v) is 5.05. The van der Waals surface area contributed by atoms with Gasteiger partial charge in [0.1, 0.15) is 5.82 Å². The summed E-state index contributed by atoms with van der Waals surface area (Å²) in [6.45, 7) is 0. The maximum absolute atomic E-state index is 13.6. The first-order valence-corrected chi connectivity index (χ1v) is 6.41. The summed E-state index contributed by atoms with van der Waals surface area (Å²) >= 11 is 0. The number of sulfonamides is 1. The van der Waals surface area contributed by atoms with Crippen LogP contribution in [0.1, 0.15) is 0 Å². The fourth-order valence-electron chi connectivity index (χ4n) is 1.62. The predicted octanol–water partition coefficient (Wildman–Crippen LogP) is 2.14. The number of halogens is 1. The van der Waals surface area contributed by atoms with Crippen LogP contribution in [0.15, 0.2) is 53.4 Å². The first-order chi connectivity index (χ1) is 8.00. The average molecular weight is 251 g/mol. The van der Waals surface area contributed by atoms with Crippen LogP contribution in [0.2, 0.25) is 0 Å². The first kappa shape index (κ1) is 11.8. The molecule has 0 spiro atoms. The minimum Gasteiger partial charge on any atom is -0.225 e. The Morgan fingerprint density at radius 2 is 1.41 bits per heavy atom. The van der Waals surface area contributed by atoms with E-state index in [1.165, 1.54) is 24.3 Å². The van der Waals surface area contributed by atoms with E-state index in [2.05, 4.69) is 0 Å². The van der Waals surface area contributed by atoms with Crippen molar-refractivity contribution in [2.24, 2.45) is 5.14 Å². The molecule has 2 aromatic carbocycles. The molecule has 5 heteroatoms. The molecule has 0 radical (unpaired) electrons. The molecule has 88 valence electrons. The SMILES string of the molecule is NS(=O)(=O)c1ccccc1-c1ccccc1F. The van der Waals surface area contributed by atoms with Crippen LogP contribution < -0.4 is 5.14 Å². The first-order valence-electron chi connectivity index (χ1n) is 4.87. The van der Waals surface area contributed by atoms with Gasteiger partial charge in [0.15, 0.2) is 0 Å². The third-order valence-electron chi connectivity index (χ3n) is 2.36. The zero-order chi connectivity index (χ0) is 12.5. The smallest absolute Gasteiger partial charge is 0.225 e. The van der Waals surface area contributed by atoms with E-state index in [0.29, 0.717) is 0 Å². The molecule has 17 heavy (non-hydrogen) atoms. The summed E-state index contributed by atoms with van der Waals surface area (Å²) < 4.78 is 36.4. The molecular weight excluding hydrogens is 241 g/mol. The molecule has 0 aliphatic heterocycles. The van der Waals surface area contributed by atoms with Crippen LogP contribution in [0.25, 0.3) is 11.1 Å². The molecule has 2 rings (SSSR count). The fourth-order valence-corrected chi connectivity index (χ4v) is 2.37. The number of benzene rings is 2. The van der Waals surface area contributed by atoms with Gasteiger partial charge in [-0.25, -0.2) is 17.9 Å². The summed E-state index contributed by atoms with van der Waals surface area (Å²) in [7, 11) is -3.87. The van der Waals surface area contributed by atoms with E-state index in [9.17, 15) is 12.8 Å². The Morgan fingerprint density at radius 3 is 2.00 bits per heavy atom. The largest absolute Gasteiger partial charge is 0.238 e. The lowest BCUT2D eigenvalue weighted by Gasteiger charge is -2.08. The second kappa shape index (κ2) is 4.27. The van der Waals surface area contributed by atoms with Gasteiger partial charge in [-0.1, -0.05) is 36.4 Å². The van der Waals surface area contributed by atoms with Gasteiger partial charge in [0.05, 0.1) is 4.90 Å². The number of rotatable bonds is 2. The van der Waals surface area contributed by atoms with Crippen molar-refractivity contribution in [1.29, 1.82) is 0 Å². The third-order valence-corrected chi connectivity index (χ3v) is 3.33. The van der Waals surface area contributed by atoms with Crippen LogP contribution in [0, 0.1) is 5.82 Å². The average Bonchev–Trinajstić information content (AvgIpc) is 2.28. The minimum absolute atomic E-state index is 0.0786. The zero-order valence-electron chi connectivity index (χ0n) is 8.80. The Hall–Kier alpha value is -1.72.